The van der Waals surface area contributed by atoms with E-state index in [1.54, 1.807) is 30.1 Å². The van der Waals surface area contributed by atoms with E-state index in [-0.39, 0.29) is 30.5 Å². The van der Waals surface area contributed by atoms with Crippen molar-refractivity contribution in [2.75, 3.05) is 7.11 Å². The molecule has 0 amide bonds. The van der Waals surface area contributed by atoms with Crippen LogP contribution in [0.2, 0.25) is 0 Å². The monoisotopic (exact) mass is 397 g/mol. The molecule has 1 saturated carbocycles. The Hall–Kier alpha value is -2.84. The second-order valence-corrected chi connectivity index (χ2v) is 7.18. The van der Waals surface area contributed by atoms with Gasteiger partial charge in [-0.1, -0.05) is 6.07 Å². The molecule has 2 aromatic heterocycles. The first-order valence-electron chi connectivity index (χ1n) is 9.68. The van der Waals surface area contributed by atoms with Gasteiger partial charge in [0.05, 0.1) is 6.10 Å². The number of hydrogen-bond donors (Lipinski definition) is 1. The number of nitrogens with zero attached hydrogens (tertiary/aromatic N) is 4. The highest BCUT2D eigenvalue weighted by atomic mass is 19.1. The predicted molar refractivity (Wildman–Crippen MR) is 105 cm³/mol. The van der Waals surface area contributed by atoms with Crippen molar-refractivity contribution in [1.29, 1.82) is 0 Å². The lowest BCUT2D eigenvalue weighted by Crippen LogP contribution is -2.41. The van der Waals surface area contributed by atoms with Crippen molar-refractivity contribution >= 4 is 0 Å². The molecule has 1 fully saturated rings. The minimum Gasteiger partial charge on any atom is -0.486 e. The van der Waals surface area contributed by atoms with Gasteiger partial charge in [-0.2, -0.15) is 4.68 Å². The summed E-state index contributed by atoms with van der Waals surface area (Å²) in [5.41, 5.74) is 6.18. The fourth-order valence-corrected chi connectivity index (χ4v) is 3.68. The van der Waals surface area contributed by atoms with Gasteiger partial charge in [0.25, 0.3) is 0 Å². The van der Waals surface area contributed by atoms with Crippen LogP contribution < -0.4 is 10.5 Å². The average Bonchev–Trinajstić information content (AvgIpc) is 3.19. The number of nitrogens with two attached hydrogens (primary N) is 1. The molecule has 0 aliphatic heterocycles. The van der Waals surface area contributed by atoms with Gasteiger partial charge < -0.3 is 15.2 Å². The van der Waals surface area contributed by atoms with Crippen molar-refractivity contribution in [2.24, 2.45) is 5.73 Å². The van der Waals surface area contributed by atoms with Crippen LogP contribution >= 0.6 is 0 Å². The van der Waals surface area contributed by atoms with Crippen LogP contribution in [0.4, 0.5) is 4.39 Å². The zero-order valence-corrected chi connectivity index (χ0v) is 16.2. The molecule has 4 rings (SSSR count). The first-order valence-corrected chi connectivity index (χ1v) is 9.68. The van der Waals surface area contributed by atoms with Gasteiger partial charge in [0.15, 0.2) is 11.6 Å². The molecule has 0 radical (unpaired) electrons. The molecule has 1 aliphatic carbocycles. The van der Waals surface area contributed by atoms with E-state index in [0.29, 0.717) is 17.4 Å². The lowest BCUT2D eigenvalue weighted by molar-refractivity contribution is 0.0458. The van der Waals surface area contributed by atoms with E-state index in [2.05, 4.69) is 10.1 Å². The maximum Gasteiger partial charge on any atom is 0.188 e. The number of hydrogen-bond acceptors (Lipinski definition) is 6. The summed E-state index contributed by atoms with van der Waals surface area (Å²) in [5.74, 6) is 2.49. The van der Waals surface area contributed by atoms with Crippen molar-refractivity contribution < 1.29 is 13.9 Å². The van der Waals surface area contributed by atoms with Gasteiger partial charge in [-0.3, -0.25) is 0 Å². The maximum atomic E-state index is 13.1. The van der Waals surface area contributed by atoms with E-state index in [9.17, 15) is 4.39 Å². The number of pyridine rings is 1. The summed E-state index contributed by atoms with van der Waals surface area (Å²) in [6, 6.07) is 11.6. The summed E-state index contributed by atoms with van der Waals surface area (Å²) >= 11 is 0. The average molecular weight is 397 g/mol. The Morgan fingerprint density at radius 3 is 2.72 bits per heavy atom. The Balaban J connectivity index is 1.60. The Labute approximate surface area is 168 Å². The van der Waals surface area contributed by atoms with Gasteiger partial charge in [0, 0.05) is 25.3 Å². The molecule has 2 N–H and O–H groups in total. The fraction of sp³-hybridized carbons (Fsp3) is 0.381. The molecular formula is C21H24FN5O2. The normalized spacial score (nSPS) is 21.8. The maximum absolute atomic E-state index is 13.1. The molecule has 29 heavy (non-hydrogen) atoms. The molecule has 152 valence electrons. The van der Waals surface area contributed by atoms with Crippen LogP contribution in [0.1, 0.15) is 36.8 Å². The SMILES string of the molecule is CO[C@H]1C[C@@H](c2nc(COc3ccc(F)cc3)nn2-c2ccccn2)CC[C@@H]1N. The Bertz CT molecular complexity index is 932. The molecular weight excluding hydrogens is 373 g/mol. The lowest BCUT2D eigenvalue weighted by atomic mass is 9.83. The van der Waals surface area contributed by atoms with Crippen molar-refractivity contribution in [2.45, 2.75) is 43.9 Å². The van der Waals surface area contributed by atoms with E-state index < -0.39 is 0 Å². The van der Waals surface area contributed by atoms with Gasteiger partial charge in [-0.05, 0) is 55.7 Å². The summed E-state index contributed by atoms with van der Waals surface area (Å²) in [6.45, 7) is 0.179. The highest BCUT2D eigenvalue weighted by Crippen LogP contribution is 2.33. The third-order valence-corrected chi connectivity index (χ3v) is 5.23. The third kappa shape index (κ3) is 4.44. The highest BCUT2D eigenvalue weighted by Gasteiger charge is 2.32. The van der Waals surface area contributed by atoms with E-state index in [4.69, 9.17) is 20.2 Å². The molecule has 3 atom stereocenters. The van der Waals surface area contributed by atoms with Crippen molar-refractivity contribution in [3.8, 4) is 11.6 Å². The van der Waals surface area contributed by atoms with Crippen LogP contribution in [-0.2, 0) is 11.3 Å². The summed E-state index contributed by atoms with van der Waals surface area (Å²) in [4.78, 5) is 9.18. The quantitative estimate of drug-likeness (QED) is 0.688. The number of ether oxygens (including phenoxy) is 2. The molecule has 0 bridgehead atoms. The minimum atomic E-state index is -0.305. The summed E-state index contributed by atoms with van der Waals surface area (Å²) < 4.78 is 26.2. The van der Waals surface area contributed by atoms with E-state index in [1.807, 2.05) is 18.2 Å². The standard InChI is InChI=1S/C21H24FN5O2/c1-28-18-12-14(5-10-17(18)23)21-25-19(13-29-16-8-6-15(22)7-9-16)26-27(21)20-4-2-3-11-24-20/h2-4,6-9,11,14,17-18H,5,10,12-13,23H2,1H3/t14-,17-,18-/m0/s1. The van der Waals surface area contributed by atoms with Crippen molar-refractivity contribution in [3.63, 3.8) is 0 Å². The first kappa shape index (κ1) is 19.5. The number of methoxy groups -OCH3 is 1. The van der Waals surface area contributed by atoms with Crippen LogP contribution in [0.5, 0.6) is 5.75 Å². The molecule has 1 aliphatic rings. The Morgan fingerprint density at radius 1 is 1.17 bits per heavy atom. The molecule has 0 saturated heterocycles. The summed E-state index contributed by atoms with van der Waals surface area (Å²) in [7, 11) is 1.69. The second-order valence-electron chi connectivity index (χ2n) is 7.18. The zero-order chi connectivity index (χ0) is 20.2. The summed E-state index contributed by atoms with van der Waals surface area (Å²) in [6.07, 6.45) is 4.26. The summed E-state index contributed by atoms with van der Waals surface area (Å²) in [5, 5.41) is 4.63. The largest absolute Gasteiger partial charge is 0.486 e. The fourth-order valence-electron chi connectivity index (χ4n) is 3.68. The van der Waals surface area contributed by atoms with Gasteiger partial charge in [-0.15, -0.1) is 5.10 Å². The smallest absolute Gasteiger partial charge is 0.188 e. The Kier molecular flexibility index (Phi) is 5.82. The molecule has 0 unspecified atom stereocenters. The van der Waals surface area contributed by atoms with E-state index in [1.165, 1.54) is 12.1 Å². The zero-order valence-electron chi connectivity index (χ0n) is 16.2. The van der Waals surface area contributed by atoms with Crippen LogP contribution in [0.3, 0.4) is 0 Å². The predicted octanol–water partition coefficient (Wildman–Crippen LogP) is 2.99. The highest BCUT2D eigenvalue weighted by molar-refractivity contribution is 5.25. The minimum absolute atomic E-state index is 0.0125. The topological polar surface area (TPSA) is 88.1 Å². The third-order valence-electron chi connectivity index (χ3n) is 5.23. The molecule has 0 spiro atoms. The van der Waals surface area contributed by atoms with Gasteiger partial charge in [0.1, 0.15) is 24.0 Å². The molecule has 2 heterocycles. The number of rotatable bonds is 6. The van der Waals surface area contributed by atoms with Gasteiger partial charge in [0.2, 0.25) is 0 Å². The second kappa shape index (κ2) is 8.67. The number of benzene rings is 1. The van der Waals surface area contributed by atoms with Crippen LogP contribution in [0.15, 0.2) is 48.7 Å². The molecule has 7 nitrogen and oxygen atoms in total. The van der Waals surface area contributed by atoms with E-state index >= 15 is 0 Å². The van der Waals surface area contributed by atoms with E-state index in [0.717, 1.165) is 25.1 Å². The van der Waals surface area contributed by atoms with Gasteiger partial charge in [-0.25, -0.2) is 14.4 Å². The lowest BCUT2D eigenvalue weighted by Gasteiger charge is -2.32. The van der Waals surface area contributed by atoms with Crippen LogP contribution in [-0.4, -0.2) is 39.0 Å². The van der Waals surface area contributed by atoms with Gasteiger partial charge >= 0.3 is 0 Å². The van der Waals surface area contributed by atoms with Crippen LogP contribution in [0.25, 0.3) is 5.82 Å². The first-order chi connectivity index (χ1) is 14.1. The van der Waals surface area contributed by atoms with Crippen molar-refractivity contribution in [3.05, 3.63) is 66.1 Å². The molecule has 1 aromatic carbocycles. The van der Waals surface area contributed by atoms with Crippen molar-refractivity contribution in [1.82, 2.24) is 19.7 Å². The molecule has 8 heteroatoms. The van der Waals surface area contributed by atoms with Crippen LogP contribution in [0, 0.1) is 5.82 Å². The number of aromatic nitrogens is 4. The Morgan fingerprint density at radius 2 is 2.00 bits per heavy atom. The number of halogens is 1. The molecule has 3 aromatic rings.